The summed E-state index contributed by atoms with van der Waals surface area (Å²) in [7, 11) is 0. The summed E-state index contributed by atoms with van der Waals surface area (Å²) in [6, 6.07) is 0.495. The first-order valence-electron chi connectivity index (χ1n) is 5.01. The third kappa shape index (κ3) is 1.38. The van der Waals surface area contributed by atoms with Crippen molar-refractivity contribution in [1.82, 2.24) is 20.5 Å². The van der Waals surface area contributed by atoms with Gasteiger partial charge in [-0.05, 0) is 23.2 Å². The van der Waals surface area contributed by atoms with E-state index < -0.39 is 0 Å². The number of anilines is 2. The average molecular weight is 222 g/mol. The van der Waals surface area contributed by atoms with E-state index in [4.69, 9.17) is 10.3 Å². The molecular weight excluding hydrogens is 212 g/mol. The maximum atomic E-state index is 5.53. The van der Waals surface area contributed by atoms with Crippen molar-refractivity contribution in [2.75, 3.05) is 23.7 Å². The zero-order valence-electron chi connectivity index (χ0n) is 8.46. The van der Waals surface area contributed by atoms with E-state index in [1.807, 2.05) is 4.90 Å². The van der Waals surface area contributed by atoms with Crippen molar-refractivity contribution in [1.29, 1.82) is 0 Å². The van der Waals surface area contributed by atoms with E-state index in [1.54, 1.807) is 0 Å². The Morgan fingerprint density at radius 1 is 1.12 bits per heavy atom. The lowest BCUT2D eigenvalue weighted by molar-refractivity contribution is 0.310. The second kappa shape index (κ2) is 3.47. The van der Waals surface area contributed by atoms with Gasteiger partial charge >= 0.3 is 6.01 Å². The Labute approximate surface area is 90.4 Å². The largest absolute Gasteiger partial charge is 0.379 e. The van der Waals surface area contributed by atoms with Gasteiger partial charge in [-0.25, -0.2) is 4.63 Å². The van der Waals surface area contributed by atoms with E-state index in [0.717, 1.165) is 25.9 Å². The fraction of sp³-hybridized carbons (Fsp3) is 0.500. The van der Waals surface area contributed by atoms with Gasteiger partial charge in [0.15, 0.2) is 11.5 Å². The van der Waals surface area contributed by atoms with E-state index in [-0.39, 0.29) is 5.82 Å². The van der Waals surface area contributed by atoms with Crippen molar-refractivity contribution in [3.05, 3.63) is 0 Å². The fourth-order valence-electron chi connectivity index (χ4n) is 1.70. The van der Waals surface area contributed by atoms with Crippen LogP contribution in [-0.4, -0.2) is 33.5 Å². The van der Waals surface area contributed by atoms with E-state index in [1.165, 1.54) is 0 Å². The van der Waals surface area contributed by atoms with Crippen molar-refractivity contribution in [2.24, 2.45) is 0 Å². The maximum absolute atomic E-state index is 5.53. The fourth-order valence-corrected chi connectivity index (χ4v) is 1.70. The molecule has 1 aliphatic heterocycles. The molecule has 0 spiro atoms. The molecule has 3 heterocycles. The number of nitrogen functional groups attached to an aromatic ring is 1. The average Bonchev–Trinajstić information content (AvgIpc) is 2.96. The van der Waals surface area contributed by atoms with Crippen molar-refractivity contribution in [3.8, 4) is 11.5 Å². The molecule has 0 aliphatic carbocycles. The van der Waals surface area contributed by atoms with Crippen LogP contribution in [0.25, 0.3) is 11.5 Å². The Kier molecular flexibility index (Phi) is 1.98. The lowest BCUT2D eigenvalue weighted by Gasteiger charge is -2.08. The lowest BCUT2D eigenvalue weighted by atomic mass is 10.4. The van der Waals surface area contributed by atoms with Gasteiger partial charge in [0.25, 0.3) is 0 Å². The summed E-state index contributed by atoms with van der Waals surface area (Å²) in [5.74, 6) is 0.467. The normalized spacial score (nSPS) is 15.9. The van der Waals surface area contributed by atoms with E-state index in [9.17, 15) is 0 Å². The van der Waals surface area contributed by atoms with Gasteiger partial charge in [0.2, 0.25) is 5.82 Å². The van der Waals surface area contributed by atoms with Gasteiger partial charge in [-0.2, -0.15) is 4.98 Å². The van der Waals surface area contributed by atoms with Crippen molar-refractivity contribution < 1.29 is 9.15 Å². The summed E-state index contributed by atoms with van der Waals surface area (Å²) in [5.41, 5.74) is 5.85. The number of nitrogens with zero attached hydrogens (tertiary/aromatic N) is 5. The van der Waals surface area contributed by atoms with Crippen LogP contribution in [0.3, 0.4) is 0 Å². The van der Waals surface area contributed by atoms with Crippen LogP contribution >= 0.6 is 0 Å². The first kappa shape index (κ1) is 9.13. The topological polar surface area (TPSA) is 107 Å². The monoisotopic (exact) mass is 222 g/mol. The number of aromatic nitrogens is 4. The highest BCUT2D eigenvalue weighted by Gasteiger charge is 2.21. The highest BCUT2D eigenvalue weighted by molar-refractivity contribution is 5.62. The molecule has 0 unspecified atom stereocenters. The van der Waals surface area contributed by atoms with Crippen LogP contribution < -0.4 is 10.6 Å². The smallest absolute Gasteiger partial charge is 0.324 e. The molecule has 84 valence electrons. The Hall–Kier alpha value is -2.12. The summed E-state index contributed by atoms with van der Waals surface area (Å²) < 4.78 is 9.60. The van der Waals surface area contributed by atoms with Gasteiger partial charge in [-0.3, -0.25) is 0 Å². The van der Waals surface area contributed by atoms with Crippen LogP contribution in [0.4, 0.5) is 11.8 Å². The molecule has 0 bridgehead atoms. The SMILES string of the molecule is Nc1nonc1-c1noc(N2CCCC2)n1. The van der Waals surface area contributed by atoms with Crippen LogP contribution in [0.5, 0.6) is 0 Å². The van der Waals surface area contributed by atoms with Crippen molar-refractivity contribution in [2.45, 2.75) is 12.8 Å². The molecule has 3 rings (SSSR count). The number of hydrogen-bond acceptors (Lipinski definition) is 8. The van der Waals surface area contributed by atoms with Crippen molar-refractivity contribution in [3.63, 3.8) is 0 Å². The van der Waals surface area contributed by atoms with Crippen molar-refractivity contribution >= 4 is 11.8 Å². The highest BCUT2D eigenvalue weighted by atomic mass is 16.6. The summed E-state index contributed by atoms with van der Waals surface area (Å²) in [5, 5.41) is 10.9. The van der Waals surface area contributed by atoms with Gasteiger partial charge < -0.3 is 15.2 Å². The van der Waals surface area contributed by atoms with Gasteiger partial charge in [-0.15, -0.1) is 0 Å². The van der Waals surface area contributed by atoms with Crippen LogP contribution in [0.2, 0.25) is 0 Å². The Morgan fingerprint density at radius 2 is 1.94 bits per heavy atom. The third-order valence-electron chi connectivity index (χ3n) is 2.52. The van der Waals surface area contributed by atoms with Gasteiger partial charge in [0.05, 0.1) is 0 Å². The first-order valence-corrected chi connectivity index (χ1v) is 5.01. The minimum atomic E-state index is 0.161. The van der Waals surface area contributed by atoms with Crippen LogP contribution in [-0.2, 0) is 0 Å². The minimum absolute atomic E-state index is 0.161. The number of rotatable bonds is 2. The molecule has 2 aromatic rings. The zero-order valence-corrected chi connectivity index (χ0v) is 8.46. The van der Waals surface area contributed by atoms with Crippen LogP contribution in [0.15, 0.2) is 9.15 Å². The molecule has 0 radical (unpaired) electrons. The Morgan fingerprint density at radius 3 is 2.62 bits per heavy atom. The molecule has 8 nitrogen and oxygen atoms in total. The summed E-state index contributed by atoms with van der Waals surface area (Å²) in [4.78, 5) is 6.23. The predicted octanol–water partition coefficient (Wildman–Crippen LogP) is 0.302. The molecule has 1 fully saturated rings. The van der Waals surface area contributed by atoms with E-state index >= 15 is 0 Å². The van der Waals surface area contributed by atoms with Crippen LogP contribution in [0.1, 0.15) is 12.8 Å². The Balaban J connectivity index is 1.90. The van der Waals surface area contributed by atoms with Gasteiger partial charge in [-0.1, -0.05) is 5.16 Å². The molecule has 0 aromatic carbocycles. The second-order valence-electron chi connectivity index (χ2n) is 3.59. The summed E-state index contributed by atoms with van der Waals surface area (Å²) in [6.07, 6.45) is 2.29. The van der Waals surface area contributed by atoms with Crippen LogP contribution in [0, 0.1) is 0 Å². The molecule has 1 saturated heterocycles. The predicted molar refractivity (Wildman–Crippen MR) is 53.4 cm³/mol. The Bertz CT molecular complexity index is 486. The molecule has 2 aromatic heterocycles. The number of nitrogens with two attached hydrogens (primary N) is 1. The molecule has 1 aliphatic rings. The van der Waals surface area contributed by atoms with E-state index in [0.29, 0.717) is 17.5 Å². The highest BCUT2D eigenvalue weighted by Crippen LogP contribution is 2.23. The minimum Gasteiger partial charge on any atom is -0.379 e. The standard InChI is InChI=1S/C8H10N6O2/c9-6-5(11-16-12-6)7-10-8(15-13-7)14-3-1-2-4-14/h1-4H2,(H2,9,12). The molecule has 0 amide bonds. The zero-order chi connectivity index (χ0) is 11.0. The summed E-state index contributed by atoms with van der Waals surface area (Å²) in [6.45, 7) is 1.88. The lowest BCUT2D eigenvalue weighted by Crippen LogP contribution is -2.17. The molecule has 0 saturated carbocycles. The molecule has 8 heteroatoms. The van der Waals surface area contributed by atoms with Gasteiger partial charge in [0.1, 0.15) is 0 Å². The van der Waals surface area contributed by atoms with Gasteiger partial charge in [0, 0.05) is 13.1 Å². The quantitative estimate of drug-likeness (QED) is 0.773. The number of hydrogen-bond donors (Lipinski definition) is 1. The maximum Gasteiger partial charge on any atom is 0.324 e. The molecule has 2 N–H and O–H groups in total. The molecule has 0 atom stereocenters. The molecular formula is C8H10N6O2. The molecule has 16 heavy (non-hydrogen) atoms. The third-order valence-corrected chi connectivity index (χ3v) is 2.52. The summed E-state index contributed by atoms with van der Waals surface area (Å²) >= 11 is 0. The second-order valence-corrected chi connectivity index (χ2v) is 3.59. The first-order chi connectivity index (χ1) is 7.84. The van der Waals surface area contributed by atoms with E-state index in [2.05, 4.69) is 25.1 Å².